The van der Waals surface area contributed by atoms with Crippen molar-refractivity contribution in [3.8, 4) is 0 Å². The highest BCUT2D eigenvalue weighted by Gasteiger charge is 2.62. The number of hydrogen-bond acceptors (Lipinski definition) is 2. The molecule has 0 saturated heterocycles. The van der Waals surface area contributed by atoms with Gasteiger partial charge in [0.05, 0.1) is 0 Å². The van der Waals surface area contributed by atoms with Crippen molar-refractivity contribution in [3.63, 3.8) is 0 Å². The first-order valence-corrected chi connectivity index (χ1v) is 17.2. The Morgan fingerprint density at radius 2 is 1.73 bits per heavy atom. The summed E-state index contributed by atoms with van der Waals surface area (Å²) < 4.78 is 0. The van der Waals surface area contributed by atoms with Crippen LogP contribution < -0.4 is 5.32 Å². The van der Waals surface area contributed by atoms with Gasteiger partial charge in [0.15, 0.2) is 0 Å². The van der Waals surface area contributed by atoms with Crippen LogP contribution in [0.4, 0.5) is 0 Å². The van der Waals surface area contributed by atoms with E-state index in [4.69, 9.17) is 0 Å². The molecule has 3 unspecified atom stereocenters. The van der Waals surface area contributed by atoms with Gasteiger partial charge in [0.2, 0.25) is 0 Å². The van der Waals surface area contributed by atoms with Gasteiger partial charge in [-0.05, 0) is 109 Å². The molecule has 4 saturated carbocycles. The fourth-order valence-corrected chi connectivity index (χ4v) is 11.4. The number of para-hydroxylation sites is 1. The fourth-order valence-electron chi connectivity index (χ4n) is 11.4. The van der Waals surface area contributed by atoms with Crippen LogP contribution in [-0.4, -0.2) is 22.4 Å². The van der Waals surface area contributed by atoms with E-state index < -0.39 is 6.23 Å². The second kappa shape index (κ2) is 11.4. The van der Waals surface area contributed by atoms with Crippen molar-refractivity contribution in [1.29, 1.82) is 0 Å². The molecule has 4 aliphatic rings. The Labute approximate surface area is 244 Å². The van der Waals surface area contributed by atoms with Gasteiger partial charge in [0.1, 0.15) is 6.23 Å². The Hall–Kier alpha value is -1.32. The molecule has 4 aliphatic carbocycles. The van der Waals surface area contributed by atoms with Crippen molar-refractivity contribution in [2.75, 3.05) is 0 Å². The first kappa shape index (κ1) is 28.8. The summed E-state index contributed by atoms with van der Waals surface area (Å²) in [5.41, 5.74) is 3.34. The molecule has 0 spiro atoms. The lowest BCUT2D eigenvalue weighted by atomic mass is 9.43. The van der Waals surface area contributed by atoms with E-state index in [0.717, 1.165) is 35.5 Å². The summed E-state index contributed by atoms with van der Waals surface area (Å²) in [4.78, 5) is 3.41. The van der Waals surface area contributed by atoms with Crippen molar-refractivity contribution in [3.05, 3.63) is 36.0 Å². The molecule has 0 bridgehead atoms. The van der Waals surface area contributed by atoms with Gasteiger partial charge in [-0.2, -0.15) is 0 Å². The zero-order valence-electron chi connectivity index (χ0n) is 26.2. The number of nitrogens with one attached hydrogen (secondary N) is 2. The van der Waals surface area contributed by atoms with Gasteiger partial charge in [0.25, 0.3) is 0 Å². The second-order valence-electron chi connectivity index (χ2n) is 15.9. The van der Waals surface area contributed by atoms with Crippen LogP contribution in [0.3, 0.4) is 0 Å². The summed E-state index contributed by atoms with van der Waals surface area (Å²) in [6, 6.07) is 8.94. The lowest BCUT2D eigenvalue weighted by Gasteiger charge is -2.63. The number of aromatic nitrogens is 1. The molecule has 10 atom stereocenters. The minimum atomic E-state index is -0.487. The van der Waals surface area contributed by atoms with Gasteiger partial charge in [-0.25, -0.2) is 0 Å². The topological polar surface area (TPSA) is 48.0 Å². The largest absolute Gasteiger partial charge is 0.378 e. The van der Waals surface area contributed by atoms with E-state index in [-0.39, 0.29) is 0 Å². The van der Waals surface area contributed by atoms with E-state index in [1.165, 1.54) is 93.5 Å². The number of aliphatic hydroxyl groups is 1. The summed E-state index contributed by atoms with van der Waals surface area (Å²) in [7, 11) is 0. The summed E-state index contributed by atoms with van der Waals surface area (Å²) in [6.07, 6.45) is 19.1. The van der Waals surface area contributed by atoms with Crippen LogP contribution in [0.2, 0.25) is 0 Å². The third-order valence-corrected chi connectivity index (χ3v) is 13.3. The highest BCUT2D eigenvalue weighted by Crippen LogP contribution is 2.68. The Balaban J connectivity index is 1.20. The van der Waals surface area contributed by atoms with Crippen LogP contribution in [0.15, 0.2) is 30.5 Å². The molecule has 4 fully saturated rings. The first-order chi connectivity index (χ1) is 19.2. The SMILES string of the molecule is CC(C)CCCC(C)[C@H]1CC[C@H]2[C@@H]3C[C@@H](NC(O)Cc4c[nH]c5ccccc45)C4CCCC[C@]4(C)[C@H]3CC[C@]12C. The van der Waals surface area contributed by atoms with Crippen LogP contribution in [0.25, 0.3) is 10.9 Å². The average Bonchev–Trinajstić information content (AvgIpc) is 3.49. The number of rotatable bonds is 9. The van der Waals surface area contributed by atoms with Crippen molar-refractivity contribution in [1.82, 2.24) is 10.3 Å². The van der Waals surface area contributed by atoms with E-state index >= 15 is 0 Å². The van der Waals surface area contributed by atoms with E-state index in [1.807, 2.05) is 0 Å². The maximum absolute atomic E-state index is 11.5. The Kier molecular flexibility index (Phi) is 8.20. The molecule has 0 aliphatic heterocycles. The number of H-pyrrole nitrogens is 1. The average molecular weight is 547 g/mol. The molecule has 3 nitrogen and oxygen atoms in total. The number of hydrogen-bond donors (Lipinski definition) is 3. The van der Waals surface area contributed by atoms with Crippen LogP contribution in [0.5, 0.6) is 0 Å². The van der Waals surface area contributed by atoms with E-state index in [2.05, 4.69) is 75.4 Å². The van der Waals surface area contributed by atoms with Gasteiger partial charge in [-0.3, -0.25) is 5.32 Å². The maximum atomic E-state index is 11.5. The Bertz CT molecular complexity index is 1140. The maximum Gasteiger partial charge on any atom is 0.109 e. The standard InChI is InChI=1S/C37H58N2O/c1-24(2)11-10-12-25(3)29-16-17-30-28-22-34(39-35(40)21-26-23-38-33-15-7-6-13-27(26)33)32-14-8-9-19-36(32,4)31(28)18-20-37(29,30)5/h6-7,13,15,23-25,28-32,34-35,38-40H,8-12,14,16-22H2,1-5H3/t25?,28-,29+,30-,31-,32?,34+,35?,36+,37+/m0/s1. The molecule has 1 aromatic carbocycles. The Morgan fingerprint density at radius 3 is 2.55 bits per heavy atom. The van der Waals surface area contributed by atoms with Gasteiger partial charge in [-0.15, -0.1) is 0 Å². The summed E-state index contributed by atoms with van der Waals surface area (Å²) >= 11 is 0. The molecule has 1 heterocycles. The van der Waals surface area contributed by atoms with E-state index in [1.54, 1.807) is 0 Å². The number of aliphatic hydroxyl groups excluding tert-OH is 1. The minimum Gasteiger partial charge on any atom is -0.378 e. The quantitative estimate of drug-likeness (QED) is 0.275. The second-order valence-corrected chi connectivity index (χ2v) is 15.9. The zero-order valence-corrected chi connectivity index (χ0v) is 26.2. The molecule has 1 aromatic heterocycles. The number of aromatic amines is 1. The smallest absolute Gasteiger partial charge is 0.109 e. The van der Waals surface area contributed by atoms with Gasteiger partial charge >= 0.3 is 0 Å². The Morgan fingerprint density at radius 1 is 0.925 bits per heavy atom. The summed E-state index contributed by atoms with van der Waals surface area (Å²) in [5.74, 6) is 5.88. The predicted molar refractivity (Wildman–Crippen MR) is 168 cm³/mol. The van der Waals surface area contributed by atoms with Crippen LogP contribution in [0, 0.1) is 52.3 Å². The van der Waals surface area contributed by atoms with Crippen molar-refractivity contribution >= 4 is 10.9 Å². The summed E-state index contributed by atoms with van der Waals surface area (Å²) in [6.45, 7) is 12.7. The summed E-state index contributed by atoms with van der Waals surface area (Å²) in [5, 5.41) is 16.6. The molecule has 6 rings (SSSR count). The highest BCUT2D eigenvalue weighted by molar-refractivity contribution is 5.83. The molecule has 2 aromatic rings. The number of fused-ring (bicyclic) bond motifs is 6. The fraction of sp³-hybridized carbons (Fsp3) is 0.784. The van der Waals surface area contributed by atoms with Gasteiger partial charge in [0, 0.05) is 29.6 Å². The predicted octanol–water partition coefficient (Wildman–Crippen LogP) is 9.11. The molecule has 0 radical (unpaired) electrons. The monoisotopic (exact) mass is 546 g/mol. The van der Waals surface area contributed by atoms with E-state index in [0.29, 0.717) is 29.2 Å². The molecule has 3 heteroatoms. The molecular formula is C37H58N2O. The lowest BCUT2D eigenvalue weighted by Crippen LogP contribution is -2.61. The van der Waals surface area contributed by atoms with Crippen LogP contribution in [-0.2, 0) is 6.42 Å². The van der Waals surface area contributed by atoms with Crippen LogP contribution in [0.1, 0.15) is 117 Å². The molecular weight excluding hydrogens is 488 g/mol. The highest BCUT2D eigenvalue weighted by atomic mass is 16.3. The van der Waals surface area contributed by atoms with Gasteiger partial charge in [-0.1, -0.05) is 84.9 Å². The lowest BCUT2D eigenvalue weighted by molar-refractivity contribution is -0.131. The van der Waals surface area contributed by atoms with Crippen molar-refractivity contribution < 1.29 is 5.11 Å². The molecule has 3 N–H and O–H groups in total. The van der Waals surface area contributed by atoms with E-state index in [9.17, 15) is 5.11 Å². The zero-order chi connectivity index (χ0) is 28.1. The minimum absolute atomic E-state index is 0.432. The molecule has 0 amide bonds. The normalized spacial score (nSPS) is 39.1. The molecule has 40 heavy (non-hydrogen) atoms. The van der Waals surface area contributed by atoms with Gasteiger partial charge < -0.3 is 10.1 Å². The van der Waals surface area contributed by atoms with Crippen molar-refractivity contribution in [2.45, 2.75) is 130 Å². The van der Waals surface area contributed by atoms with Crippen LogP contribution >= 0.6 is 0 Å². The third kappa shape index (κ3) is 5.10. The van der Waals surface area contributed by atoms with Crippen molar-refractivity contribution in [2.24, 2.45) is 52.3 Å². The number of benzene rings is 1. The first-order valence-electron chi connectivity index (χ1n) is 17.2. The third-order valence-electron chi connectivity index (χ3n) is 13.3. The molecule has 222 valence electrons.